The minimum absolute atomic E-state index is 0.102. The zero-order valence-corrected chi connectivity index (χ0v) is 17.7. The van der Waals surface area contributed by atoms with E-state index in [-0.39, 0.29) is 6.04 Å². The summed E-state index contributed by atoms with van der Waals surface area (Å²) in [7, 11) is 0. The number of rotatable bonds is 6. The number of benzene rings is 2. The number of thiazole rings is 1. The highest BCUT2D eigenvalue weighted by Crippen LogP contribution is 2.25. The van der Waals surface area contributed by atoms with Gasteiger partial charge in [-0.3, -0.25) is 10.1 Å². The van der Waals surface area contributed by atoms with Gasteiger partial charge in [0.2, 0.25) is 0 Å². The minimum atomic E-state index is -0.660. The van der Waals surface area contributed by atoms with Crippen molar-refractivity contribution in [3.8, 4) is 0 Å². The number of hydrogen-bond acceptors (Lipinski definition) is 6. The van der Waals surface area contributed by atoms with Gasteiger partial charge in [-0.1, -0.05) is 43.2 Å². The lowest BCUT2D eigenvalue weighted by molar-refractivity contribution is -0.123. The van der Waals surface area contributed by atoms with Crippen molar-refractivity contribution in [3.63, 3.8) is 0 Å². The first kappa shape index (κ1) is 21.0. The van der Waals surface area contributed by atoms with Gasteiger partial charge in [0.1, 0.15) is 0 Å². The molecule has 3 amide bonds. The number of carbonyl (C=O) groups excluding carboxylic acids is 3. The first-order chi connectivity index (χ1) is 15.1. The van der Waals surface area contributed by atoms with Crippen molar-refractivity contribution in [1.29, 1.82) is 0 Å². The number of esters is 1. The summed E-state index contributed by atoms with van der Waals surface area (Å²) in [5.74, 6) is -1.27. The highest BCUT2D eigenvalue weighted by Gasteiger charge is 2.20. The van der Waals surface area contributed by atoms with E-state index in [1.165, 1.54) is 0 Å². The van der Waals surface area contributed by atoms with Crippen molar-refractivity contribution in [1.82, 2.24) is 15.6 Å². The maximum absolute atomic E-state index is 12.6. The van der Waals surface area contributed by atoms with Crippen molar-refractivity contribution < 1.29 is 19.1 Å². The van der Waals surface area contributed by atoms with Crippen molar-refractivity contribution in [2.75, 3.05) is 6.61 Å². The number of nitrogens with zero attached hydrogens (tertiary/aromatic N) is 1. The van der Waals surface area contributed by atoms with Gasteiger partial charge in [0, 0.05) is 12.5 Å². The maximum Gasteiger partial charge on any atom is 0.338 e. The Morgan fingerprint density at radius 1 is 1.03 bits per heavy atom. The van der Waals surface area contributed by atoms with E-state index in [4.69, 9.17) is 4.74 Å². The number of para-hydroxylation sites is 1. The van der Waals surface area contributed by atoms with Crippen LogP contribution in [0, 0.1) is 0 Å². The molecule has 8 heteroatoms. The van der Waals surface area contributed by atoms with E-state index in [0.29, 0.717) is 12.0 Å². The molecule has 0 spiro atoms. The lowest BCUT2D eigenvalue weighted by Crippen LogP contribution is -2.45. The highest BCUT2D eigenvalue weighted by molar-refractivity contribution is 7.18. The fraction of sp³-hybridized carbons (Fsp3) is 0.304. The Morgan fingerprint density at radius 2 is 1.77 bits per heavy atom. The molecule has 0 unspecified atom stereocenters. The van der Waals surface area contributed by atoms with Gasteiger partial charge < -0.3 is 10.1 Å². The molecule has 0 aliphatic heterocycles. The van der Waals surface area contributed by atoms with E-state index in [1.54, 1.807) is 23.5 Å². The Labute approximate surface area is 183 Å². The standard InChI is InChI=1S/C23H23N3O4S/c27-20(26-23(29)24-16-8-2-3-9-16)14-30-22(28)17-10-4-1-7-15(17)13-21-25-18-11-5-6-12-19(18)31-21/h1,4-7,10-12,16H,2-3,8-9,13-14H2,(H2,24,26,27,29). The molecule has 4 rings (SSSR count). The van der Waals surface area contributed by atoms with Gasteiger partial charge in [0.05, 0.1) is 20.8 Å². The summed E-state index contributed by atoms with van der Waals surface area (Å²) in [5.41, 5.74) is 2.08. The highest BCUT2D eigenvalue weighted by atomic mass is 32.1. The molecule has 1 heterocycles. The Kier molecular flexibility index (Phi) is 6.57. The van der Waals surface area contributed by atoms with Crippen LogP contribution in [0.5, 0.6) is 0 Å². The molecule has 0 radical (unpaired) electrons. The zero-order chi connectivity index (χ0) is 21.6. The normalized spacial score (nSPS) is 13.8. The lowest BCUT2D eigenvalue weighted by Gasteiger charge is -2.12. The van der Waals surface area contributed by atoms with E-state index in [0.717, 1.165) is 46.5 Å². The van der Waals surface area contributed by atoms with Gasteiger partial charge in [0.25, 0.3) is 5.91 Å². The average molecular weight is 438 g/mol. The second kappa shape index (κ2) is 9.70. The van der Waals surface area contributed by atoms with Crippen LogP contribution in [-0.4, -0.2) is 35.5 Å². The number of ether oxygens (including phenoxy) is 1. The number of carbonyl (C=O) groups is 3. The van der Waals surface area contributed by atoms with Crippen LogP contribution >= 0.6 is 11.3 Å². The fourth-order valence-electron chi connectivity index (χ4n) is 3.70. The summed E-state index contributed by atoms with van der Waals surface area (Å²) < 4.78 is 6.24. The minimum Gasteiger partial charge on any atom is -0.452 e. The molecular weight excluding hydrogens is 414 g/mol. The third kappa shape index (κ3) is 5.46. The zero-order valence-electron chi connectivity index (χ0n) is 16.9. The molecule has 2 N–H and O–H groups in total. The summed E-state index contributed by atoms with van der Waals surface area (Å²) >= 11 is 1.58. The average Bonchev–Trinajstić information content (AvgIpc) is 3.41. The van der Waals surface area contributed by atoms with Crippen molar-refractivity contribution in [2.45, 2.75) is 38.1 Å². The number of urea groups is 1. The smallest absolute Gasteiger partial charge is 0.338 e. The predicted octanol–water partition coefficient (Wildman–Crippen LogP) is 3.81. The molecule has 1 fully saturated rings. The van der Waals surface area contributed by atoms with Crippen molar-refractivity contribution in [2.24, 2.45) is 0 Å². The van der Waals surface area contributed by atoms with Crippen LogP contribution < -0.4 is 10.6 Å². The van der Waals surface area contributed by atoms with Gasteiger partial charge in [-0.05, 0) is 36.6 Å². The molecule has 1 saturated carbocycles. The molecule has 0 atom stereocenters. The first-order valence-corrected chi connectivity index (χ1v) is 11.1. The van der Waals surface area contributed by atoms with E-state index in [9.17, 15) is 14.4 Å². The topological polar surface area (TPSA) is 97.4 Å². The van der Waals surface area contributed by atoms with Crippen molar-refractivity contribution >= 4 is 39.5 Å². The van der Waals surface area contributed by atoms with Crippen molar-refractivity contribution in [3.05, 3.63) is 64.7 Å². The summed E-state index contributed by atoms with van der Waals surface area (Å²) in [6.07, 6.45) is 4.48. The van der Waals surface area contributed by atoms with Crippen LogP contribution in [0.2, 0.25) is 0 Å². The van der Waals surface area contributed by atoms with E-state index in [2.05, 4.69) is 15.6 Å². The lowest BCUT2D eigenvalue weighted by atomic mass is 10.1. The number of imide groups is 1. The van der Waals surface area contributed by atoms with Gasteiger partial charge in [0.15, 0.2) is 6.61 Å². The van der Waals surface area contributed by atoms with Crippen LogP contribution in [0.3, 0.4) is 0 Å². The van der Waals surface area contributed by atoms with Crippen LogP contribution in [-0.2, 0) is 16.0 Å². The molecule has 0 bridgehead atoms. The molecule has 1 aromatic heterocycles. The monoisotopic (exact) mass is 437 g/mol. The second-order valence-electron chi connectivity index (χ2n) is 7.49. The molecule has 1 aliphatic rings. The maximum atomic E-state index is 12.6. The largest absolute Gasteiger partial charge is 0.452 e. The number of aromatic nitrogens is 1. The molecular formula is C23H23N3O4S. The van der Waals surface area contributed by atoms with Crippen LogP contribution in [0.4, 0.5) is 4.79 Å². The van der Waals surface area contributed by atoms with Gasteiger partial charge in [-0.2, -0.15) is 0 Å². The molecule has 1 aliphatic carbocycles. The number of hydrogen-bond donors (Lipinski definition) is 2. The SMILES string of the molecule is O=C(COC(=O)c1ccccc1Cc1nc2ccccc2s1)NC(=O)NC1CCCC1. The number of fused-ring (bicyclic) bond motifs is 1. The summed E-state index contributed by atoms with van der Waals surface area (Å²) in [5, 5.41) is 5.86. The Hall–Kier alpha value is -3.26. The van der Waals surface area contributed by atoms with Gasteiger partial charge in [-0.25, -0.2) is 14.6 Å². The third-order valence-electron chi connectivity index (χ3n) is 5.19. The molecule has 3 aromatic rings. The fourth-order valence-corrected chi connectivity index (χ4v) is 4.69. The number of nitrogens with one attached hydrogen (secondary N) is 2. The Balaban J connectivity index is 1.34. The Bertz CT molecular complexity index is 1070. The predicted molar refractivity (Wildman–Crippen MR) is 118 cm³/mol. The summed E-state index contributed by atoms with van der Waals surface area (Å²) in [6.45, 7) is -0.521. The van der Waals surface area contributed by atoms with Gasteiger partial charge in [-0.15, -0.1) is 11.3 Å². The van der Waals surface area contributed by atoms with E-state index in [1.807, 2.05) is 36.4 Å². The second-order valence-corrected chi connectivity index (χ2v) is 8.60. The van der Waals surface area contributed by atoms with Crippen LogP contribution in [0.25, 0.3) is 10.2 Å². The molecule has 160 valence electrons. The summed E-state index contributed by atoms with van der Waals surface area (Å²) in [4.78, 5) is 41.0. The van der Waals surface area contributed by atoms with Gasteiger partial charge >= 0.3 is 12.0 Å². The molecule has 2 aromatic carbocycles. The van der Waals surface area contributed by atoms with Crippen LogP contribution in [0.1, 0.15) is 46.6 Å². The molecule has 0 saturated heterocycles. The third-order valence-corrected chi connectivity index (χ3v) is 6.23. The number of amides is 3. The van der Waals surface area contributed by atoms with E-state index < -0.39 is 24.5 Å². The quantitative estimate of drug-likeness (QED) is 0.572. The summed E-state index contributed by atoms with van der Waals surface area (Å²) in [6, 6.07) is 14.5. The Morgan fingerprint density at radius 3 is 2.58 bits per heavy atom. The molecule has 31 heavy (non-hydrogen) atoms. The van der Waals surface area contributed by atoms with E-state index >= 15 is 0 Å². The molecule has 7 nitrogen and oxygen atoms in total. The van der Waals surface area contributed by atoms with Crippen LogP contribution in [0.15, 0.2) is 48.5 Å². The first-order valence-electron chi connectivity index (χ1n) is 10.3.